The highest BCUT2D eigenvalue weighted by Gasteiger charge is 2.52. The first kappa shape index (κ1) is 17.1. The van der Waals surface area contributed by atoms with Crippen molar-refractivity contribution in [3.8, 4) is 0 Å². The van der Waals surface area contributed by atoms with Gasteiger partial charge in [0.15, 0.2) is 16.7 Å². The minimum absolute atomic E-state index is 0.00711. The van der Waals surface area contributed by atoms with Crippen molar-refractivity contribution in [1.29, 1.82) is 0 Å². The zero-order valence-corrected chi connectivity index (χ0v) is 11.5. The molecule has 4 unspecified atom stereocenters. The van der Waals surface area contributed by atoms with Crippen LogP contribution in [0.25, 0.3) is 0 Å². The zero-order valence-electron chi connectivity index (χ0n) is 10.7. The molecule has 1 aliphatic rings. The quantitative estimate of drug-likeness (QED) is 0.463. The third kappa shape index (κ3) is 3.38. The summed E-state index contributed by atoms with van der Waals surface area (Å²) >= 11 is 4.89. The van der Waals surface area contributed by atoms with Crippen molar-refractivity contribution in [2.24, 2.45) is 0 Å². The molecular weight excluding hydrogens is 285 g/mol. The molecule has 0 bridgehead atoms. The monoisotopic (exact) mass is 298 g/mol. The summed E-state index contributed by atoms with van der Waals surface area (Å²) in [4.78, 5) is 13.3. The fourth-order valence-corrected chi connectivity index (χ4v) is 2.03. The van der Waals surface area contributed by atoms with Gasteiger partial charge in [-0.25, -0.2) is 4.39 Å². The van der Waals surface area contributed by atoms with Gasteiger partial charge < -0.3 is 14.9 Å². The molecule has 4 radical (unpaired) electrons. The van der Waals surface area contributed by atoms with Gasteiger partial charge in [0, 0.05) is 24.8 Å². The molecule has 1 fully saturated rings. The summed E-state index contributed by atoms with van der Waals surface area (Å²) in [6.07, 6.45) is -1.33. The Bertz CT molecular complexity index is 565. The Morgan fingerprint density at radius 1 is 1.70 bits per heavy atom. The molecule has 106 valence electrons. The Hall–Kier alpha value is -0.960. The fraction of sp³-hybridized carbons (Fsp3) is 0.600. The minimum atomic E-state index is -2.09. The molecule has 2 heterocycles. The molecule has 0 amide bonds. The van der Waals surface area contributed by atoms with Crippen LogP contribution in [0.5, 0.6) is 0 Å². The number of ether oxygens (including phenoxy) is 1. The molecule has 1 aromatic rings. The second-order valence-corrected chi connectivity index (χ2v) is 4.64. The number of nitrogens with one attached hydrogen (secondary N) is 1. The number of halogens is 1. The Balaban J connectivity index is 0.000000612. The van der Waals surface area contributed by atoms with Gasteiger partial charge in [-0.2, -0.15) is 0 Å². The van der Waals surface area contributed by atoms with E-state index >= 15 is 0 Å². The van der Waals surface area contributed by atoms with Crippen LogP contribution in [-0.4, -0.2) is 59.7 Å². The van der Waals surface area contributed by atoms with E-state index in [0.29, 0.717) is 0 Å². The first-order valence-corrected chi connectivity index (χ1v) is 6.07. The maximum absolute atomic E-state index is 14.3. The van der Waals surface area contributed by atoms with Gasteiger partial charge in [-0.15, -0.1) is 0 Å². The normalized spacial score (nSPS) is 32.5. The number of aromatic nitrogens is 2. The molecule has 0 spiro atoms. The van der Waals surface area contributed by atoms with Crippen molar-refractivity contribution < 1.29 is 19.3 Å². The first-order chi connectivity index (χ1) is 9.25. The second kappa shape index (κ2) is 6.66. The molecule has 3 N–H and O–H groups in total. The number of alkyl halides is 1. The van der Waals surface area contributed by atoms with E-state index in [1.165, 1.54) is 23.8 Å². The average Bonchev–Trinajstić information content (AvgIpc) is 2.54. The molecular formula is C10H13B2FN2O4S. The van der Waals surface area contributed by atoms with E-state index in [0.717, 1.165) is 0 Å². The van der Waals surface area contributed by atoms with Crippen LogP contribution in [0.4, 0.5) is 4.39 Å². The lowest BCUT2D eigenvalue weighted by Crippen LogP contribution is -2.40. The molecule has 10 heteroatoms. The van der Waals surface area contributed by atoms with E-state index < -0.39 is 29.6 Å². The van der Waals surface area contributed by atoms with E-state index in [1.54, 1.807) is 0 Å². The van der Waals surface area contributed by atoms with Crippen molar-refractivity contribution in [2.75, 3.05) is 6.51 Å². The molecule has 20 heavy (non-hydrogen) atoms. The van der Waals surface area contributed by atoms with E-state index in [2.05, 4.69) is 12.8 Å². The van der Waals surface area contributed by atoms with Gasteiger partial charge in [0.2, 0.25) is 0 Å². The topological polar surface area (TPSA) is 87.5 Å². The van der Waals surface area contributed by atoms with Crippen LogP contribution >= 0.6 is 12.2 Å². The van der Waals surface area contributed by atoms with Gasteiger partial charge in [-0.1, -0.05) is 0 Å². The van der Waals surface area contributed by atoms with Crippen LogP contribution < -0.4 is 5.56 Å². The van der Waals surface area contributed by atoms with Crippen LogP contribution in [0, 0.1) is 4.77 Å². The maximum atomic E-state index is 14.3. The van der Waals surface area contributed by atoms with Crippen LogP contribution in [-0.2, 0) is 4.74 Å². The summed E-state index contributed by atoms with van der Waals surface area (Å²) in [6.45, 7) is 0.919. The molecule has 6 nitrogen and oxygen atoms in total. The molecule has 0 aromatic carbocycles. The first-order valence-electron chi connectivity index (χ1n) is 5.66. The molecule has 4 atom stereocenters. The van der Waals surface area contributed by atoms with Crippen molar-refractivity contribution in [2.45, 2.75) is 30.9 Å². The van der Waals surface area contributed by atoms with Gasteiger partial charge in [-0.3, -0.25) is 14.3 Å². The van der Waals surface area contributed by atoms with E-state index in [9.17, 15) is 14.3 Å². The maximum Gasteiger partial charge on any atom is 0.251 e. The summed E-state index contributed by atoms with van der Waals surface area (Å²) < 4.78 is 20.6. The highest BCUT2D eigenvalue weighted by atomic mass is 32.1. The highest BCUT2D eigenvalue weighted by molar-refractivity contribution is 7.71. The van der Waals surface area contributed by atoms with E-state index in [1.807, 2.05) is 0 Å². The molecule has 1 aromatic heterocycles. The van der Waals surface area contributed by atoms with Crippen molar-refractivity contribution in [1.82, 2.24) is 9.55 Å². The zero-order chi connectivity index (χ0) is 15.5. The Morgan fingerprint density at radius 2 is 2.25 bits per heavy atom. The Labute approximate surface area is 122 Å². The number of hydrogen-bond acceptors (Lipinski definition) is 5. The SMILES string of the molecule is [B]C1OC(n2ccc(=O)[nH]c2=S)C(C)(F)C1O.[B]CO. The molecule has 1 saturated heterocycles. The predicted molar refractivity (Wildman–Crippen MR) is 73.9 cm³/mol. The summed E-state index contributed by atoms with van der Waals surface area (Å²) in [5, 5.41) is 16.9. The number of aliphatic hydroxyl groups is 2. The van der Waals surface area contributed by atoms with Gasteiger partial charge in [0.25, 0.3) is 5.56 Å². The van der Waals surface area contributed by atoms with Crippen molar-refractivity contribution >= 4 is 27.9 Å². The van der Waals surface area contributed by atoms with Gasteiger partial charge in [0.05, 0.1) is 0 Å². The largest absolute Gasteiger partial charge is 0.406 e. The van der Waals surface area contributed by atoms with Gasteiger partial charge in [0.1, 0.15) is 21.8 Å². The second-order valence-electron chi connectivity index (χ2n) is 4.25. The van der Waals surface area contributed by atoms with Gasteiger partial charge >= 0.3 is 0 Å². The van der Waals surface area contributed by atoms with Crippen LogP contribution in [0.15, 0.2) is 17.1 Å². The average molecular weight is 298 g/mol. The predicted octanol–water partition coefficient (Wildman–Crippen LogP) is -0.877. The van der Waals surface area contributed by atoms with Crippen molar-refractivity contribution in [3.63, 3.8) is 0 Å². The lowest BCUT2D eigenvalue weighted by molar-refractivity contribution is -0.0402. The number of H-pyrrole nitrogens is 1. The lowest BCUT2D eigenvalue weighted by atomic mass is 9.88. The van der Waals surface area contributed by atoms with E-state index in [4.69, 9.17) is 29.9 Å². The highest BCUT2D eigenvalue weighted by Crippen LogP contribution is 2.40. The van der Waals surface area contributed by atoms with Crippen LogP contribution in [0.3, 0.4) is 0 Å². The number of nitrogens with zero attached hydrogens (tertiary/aromatic N) is 1. The third-order valence-electron chi connectivity index (χ3n) is 2.76. The van der Waals surface area contributed by atoms with E-state index in [-0.39, 0.29) is 11.3 Å². The Morgan fingerprint density at radius 3 is 2.65 bits per heavy atom. The number of aliphatic hydroxyl groups excluding tert-OH is 2. The summed E-state index contributed by atoms with van der Waals surface area (Å²) in [5.41, 5.74) is -2.48. The number of aromatic amines is 1. The summed E-state index contributed by atoms with van der Waals surface area (Å²) in [5.74, 6) is 0. The molecule has 0 aliphatic carbocycles. The summed E-state index contributed by atoms with van der Waals surface area (Å²) in [6, 6.07) is 0.0506. The standard InChI is InChI=1S/C9H10BFN2O3S.CH3BO/c1-9(11)5(15)6(10)16-7(9)13-3-2-4(14)12-8(13)17;2-1-3/h2-3,5-7,15H,1H3,(H,12,14,17);3H,1H2. The number of hydrogen-bond donors (Lipinski definition) is 3. The van der Waals surface area contributed by atoms with Crippen LogP contribution in [0.2, 0.25) is 0 Å². The summed E-state index contributed by atoms with van der Waals surface area (Å²) in [7, 11) is 9.83. The minimum Gasteiger partial charge on any atom is -0.406 e. The fourth-order valence-electron chi connectivity index (χ4n) is 1.77. The lowest BCUT2D eigenvalue weighted by Gasteiger charge is -2.25. The smallest absolute Gasteiger partial charge is 0.251 e. The number of rotatable bonds is 1. The van der Waals surface area contributed by atoms with Crippen LogP contribution in [0.1, 0.15) is 13.2 Å². The van der Waals surface area contributed by atoms with Gasteiger partial charge in [-0.05, 0) is 19.1 Å². The Kier molecular flexibility index (Phi) is 5.69. The molecule has 1 aliphatic heterocycles. The molecule has 2 rings (SSSR count). The molecule has 0 saturated carbocycles. The van der Waals surface area contributed by atoms with Crippen molar-refractivity contribution in [3.05, 3.63) is 27.4 Å². The third-order valence-corrected chi connectivity index (χ3v) is 3.08.